The van der Waals surface area contributed by atoms with E-state index in [-0.39, 0.29) is 0 Å². The molecule has 0 fully saturated rings. The molecule has 0 amide bonds. The molecule has 118 valence electrons. The van der Waals surface area contributed by atoms with Crippen molar-refractivity contribution in [3.63, 3.8) is 0 Å². The normalized spacial score (nSPS) is 12.9. The number of hydrogen-bond acceptors (Lipinski definition) is 4. The minimum absolute atomic E-state index is 0.309. The summed E-state index contributed by atoms with van der Waals surface area (Å²) in [7, 11) is 0. The highest BCUT2D eigenvalue weighted by molar-refractivity contribution is 5.46. The van der Waals surface area contributed by atoms with Crippen LogP contribution >= 0.6 is 0 Å². The third kappa shape index (κ3) is 5.84. The first-order valence-electron chi connectivity index (χ1n) is 7.99. The number of benzene rings is 1. The lowest BCUT2D eigenvalue weighted by Crippen LogP contribution is -2.20. The molecule has 1 aliphatic rings. The molecule has 1 heterocycles. The minimum Gasteiger partial charge on any atom is -0.493 e. The van der Waals surface area contributed by atoms with E-state index < -0.39 is 0 Å². The molecular formula is C17H27NO3. The van der Waals surface area contributed by atoms with Gasteiger partial charge in [0.15, 0.2) is 11.5 Å². The maximum atomic E-state index is 5.74. The molecule has 0 saturated heterocycles. The monoisotopic (exact) mass is 293 g/mol. The van der Waals surface area contributed by atoms with E-state index in [1.54, 1.807) is 0 Å². The molecule has 4 nitrogen and oxygen atoms in total. The van der Waals surface area contributed by atoms with Crippen molar-refractivity contribution in [2.75, 3.05) is 26.5 Å². The first-order valence-corrected chi connectivity index (χ1v) is 7.99. The molecular weight excluding hydrogens is 266 g/mol. The second-order valence-electron chi connectivity index (χ2n) is 5.88. The molecule has 1 N–H and O–H groups in total. The Kier molecular flexibility index (Phi) is 6.67. The second kappa shape index (κ2) is 8.78. The molecule has 0 unspecified atom stereocenters. The molecule has 0 aromatic heterocycles. The van der Waals surface area contributed by atoms with Crippen molar-refractivity contribution in [3.05, 3.63) is 18.2 Å². The van der Waals surface area contributed by atoms with E-state index in [4.69, 9.17) is 14.2 Å². The van der Waals surface area contributed by atoms with Crippen LogP contribution in [0.15, 0.2) is 18.2 Å². The number of nitrogens with one attached hydrogen (secondary N) is 1. The highest BCUT2D eigenvalue weighted by atomic mass is 16.7. The summed E-state index contributed by atoms with van der Waals surface area (Å²) in [6.45, 7) is 7.79. The lowest BCUT2D eigenvalue weighted by Gasteiger charge is -2.08. The van der Waals surface area contributed by atoms with E-state index in [2.05, 4.69) is 19.2 Å². The Bertz CT molecular complexity index is 420. The molecule has 0 aliphatic carbocycles. The second-order valence-corrected chi connectivity index (χ2v) is 5.88. The maximum absolute atomic E-state index is 5.74. The van der Waals surface area contributed by atoms with Crippen LogP contribution in [0.5, 0.6) is 17.2 Å². The molecule has 0 saturated carbocycles. The Morgan fingerprint density at radius 1 is 1.10 bits per heavy atom. The lowest BCUT2D eigenvalue weighted by atomic mass is 10.2. The van der Waals surface area contributed by atoms with Gasteiger partial charge >= 0.3 is 0 Å². The van der Waals surface area contributed by atoms with Crippen LogP contribution in [0.3, 0.4) is 0 Å². The van der Waals surface area contributed by atoms with Gasteiger partial charge < -0.3 is 19.5 Å². The molecule has 0 spiro atoms. The van der Waals surface area contributed by atoms with Gasteiger partial charge in [-0.3, -0.25) is 0 Å². The van der Waals surface area contributed by atoms with Crippen molar-refractivity contribution >= 4 is 0 Å². The largest absolute Gasteiger partial charge is 0.493 e. The van der Waals surface area contributed by atoms with Gasteiger partial charge in [-0.15, -0.1) is 0 Å². The van der Waals surface area contributed by atoms with Crippen molar-refractivity contribution in [2.24, 2.45) is 5.92 Å². The fraction of sp³-hybridized carbons (Fsp3) is 0.647. The molecule has 2 rings (SSSR count). The minimum atomic E-state index is 0.309. The number of fused-ring (bicyclic) bond motifs is 1. The van der Waals surface area contributed by atoms with Crippen LogP contribution in [0.4, 0.5) is 0 Å². The first-order chi connectivity index (χ1) is 10.3. The van der Waals surface area contributed by atoms with E-state index in [0.717, 1.165) is 49.3 Å². The molecule has 0 atom stereocenters. The van der Waals surface area contributed by atoms with Crippen molar-refractivity contribution in [3.8, 4) is 17.2 Å². The first kappa shape index (κ1) is 16.0. The Morgan fingerprint density at radius 2 is 1.90 bits per heavy atom. The summed E-state index contributed by atoms with van der Waals surface area (Å²) >= 11 is 0. The summed E-state index contributed by atoms with van der Waals surface area (Å²) < 4.78 is 16.3. The quantitative estimate of drug-likeness (QED) is 0.669. The summed E-state index contributed by atoms with van der Waals surface area (Å²) in [5.41, 5.74) is 0. The summed E-state index contributed by atoms with van der Waals surface area (Å²) in [6, 6.07) is 5.74. The molecule has 1 aromatic carbocycles. The van der Waals surface area contributed by atoms with Crippen LogP contribution in [0.1, 0.15) is 39.5 Å². The SMILES string of the molecule is CC(C)CNCCCCCCOc1ccc2c(c1)OCO2. The van der Waals surface area contributed by atoms with Gasteiger partial charge in [-0.1, -0.05) is 26.7 Å². The number of hydrogen-bond donors (Lipinski definition) is 1. The molecule has 1 aromatic rings. The van der Waals surface area contributed by atoms with Crippen molar-refractivity contribution < 1.29 is 14.2 Å². The van der Waals surface area contributed by atoms with Gasteiger partial charge in [0.25, 0.3) is 0 Å². The lowest BCUT2D eigenvalue weighted by molar-refractivity contribution is 0.173. The van der Waals surface area contributed by atoms with E-state index in [1.807, 2.05) is 18.2 Å². The van der Waals surface area contributed by atoms with Crippen LogP contribution in [0.25, 0.3) is 0 Å². The van der Waals surface area contributed by atoms with Gasteiger partial charge in [-0.2, -0.15) is 0 Å². The fourth-order valence-corrected chi connectivity index (χ4v) is 2.25. The number of rotatable bonds is 10. The van der Waals surface area contributed by atoms with Crippen LogP contribution in [0.2, 0.25) is 0 Å². The Balaban J connectivity index is 1.48. The topological polar surface area (TPSA) is 39.7 Å². The smallest absolute Gasteiger partial charge is 0.231 e. The Hall–Kier alpha value is -1.42. The zero-order valence-electron chi connectivity index (χ0n) is 13.2. The fourth-order valence-electron chi connectivity index (χ4n) is 2.25. The molecule has 21 heavy (non-hydrogen) atoms. The van der Waals surface area contributed by atoms with Crippen LogP contribution in [-0.4, -0.2) is 26.5 Å². The van der Waals surface area contributed by atoms with E-state index in [1.165, 1.54) is 19.3 Å². The van der Waals surface area contributed by atoms with E-state index in [9.17, 15) is 0 Å². The van der Waals surface area contributed by atoms with Crippen LogP contribution in [-0.2, 0) is 0 Å². The van der Waals surface area contributed by atoms with Gasteiger partial charge in [0.2, 0.25) is 6.79 Å². The summed E-state index contributed by atoms with van der Waals surface area (Å²) in [5, 5.41) is 3.47. The summed E-state index contributed by atoms with van der Waals surface area (Å²) in [6.07, 6.45) is 4.82. The van der Waals surface area contributed by atoms with Gasteiger partial charge in [-0.05, 0) is 44.0 Å². The highest BCUT2D eigenvalue weighted by Gasteiger charge is 2.13. The van der Waals surface area contributed by atoms with Crippen molar-refractivity contribution in [1.82, 2.24) is 5.32 Å². The number of unbranched alkanes of at least 4 members (excludes halogenated alkanes) is 3. The van der Waals surface area contributed by atoms with Crippen LogP contribution in [0, 0.1) is 5.92 Å². The average Bonchev–Trinajstić information content (AvgIpc) is 2.92. The van der Waals surface area contributed by atoms with E-state index in [0.29, 0.717) is 6.79 Å². The highest BCUT2D eigenvalue weighted by Crippen LogP contribution is 2.35. The third-order valence-corrected chi connectivity index (χ3v) is 3.41. The predicted molar refractivity (Wildman–Crippen MR) is 84.2 cm³/mol. The molecule has 0 radical (unpaired) electrons. The van der Waals surface area contributed by atoms with Crippen molar-refractivity contribution in [2.45, 2.75) is 39.5 Å². The Morgan fingerprint density at radius 3 is 2.76 bits per heavy atom. The zero-order valence-corrected chi connectivity index (χ0v) is 13.2. The van der Waals surface area contributed by atoms with Gasteiger partial charge in [-0.25, -0.2) is 0 Å². The molecule has 4 heteroatoms. The summed E-state index contributed by atoms with van der Waals surface area (Å²) in [5.74, 6) is 3.18. The van der Waals surface area contributed by atoms with Gasteiger partial charge in [0, 0.05) is 6.07 Å². The van der Waals surface area contributed by atoms with Gasteiger partial charge in [0.05, 0.1) is 6.61 Å². The average molecular weight is 293 g/mol. The predicted octanol–water partition coefficient (Wildman–Crippen LogP) is 3.60. The molecule has 0 bridgehead atoms. The summed E-state index contributed by atoms with van der Waals surface area (Å²) in [4.78, 5) is 0. The van der Waals surface area contributed by atoms with E-state index >= 15 is 0 Å². The zero-order chi connectivity index (χ0) is 14.9. The molecule has 1 aliphatic heterocycles. The Labute approximate surface area is 127 Å². The van der Waals surface area contributed by atoms with Crippen LogP contribution < -0.4 is 19.5 Å². The number of ether oxygens (including phenoxy) is 3. The third-order valence-electron chi connectivity index (χ3n) is 3.41. The van der Waals surface area contributed by atoms with Crippen molar-refractivity contribution in [1.29, 1.82) is 0 Å². The van der Waals surface area contributed by atoms with Gasteiger partial charge in [0.1, 0.15) is 5.75 Å². The standard InChI is InChI=1S/C17H27NO3/c1-14(2)12-18-9-5-3-4-6-10-19-15-7-8-16-17(11-15)21-13-20-16/h7-8,11,14,18H,3-6,9-10,12-13H2,1-2H3. The maximum Gasteiger partial charge on any atom is 0.231 e.